The van der Waals surface area contributed by atoms with E-state index in [0.717, 1.165) is 32.2 Å². The van der Waals surface area contributed by atoms with Gasteiger partial charge in [-0.2, -0.15) is 0 Å². The van der Waals surface area contributed by atoms with Crippen molar-refractivity contribution < 1.29 is 4.79 Å². The summed E-state index contributed by atoms with van der Waals surface area (Å²) in [6.07, 6.45) is 6.63. The Balaban J connectivity index is 2.21. The fraction of sp³-hybridized carbons (Fsp3) is 0.900. The van der Waals surface area contributed by atoms with Gasteiger partial charge in [0.25, 0.3) is 0 Å². The zero-order valence-corrected chi connectivity index (χ0v) is 7.81. The van der Waals surface area contributed by atoms with Crippen molar-refractivity contribution in [2.45, 2.75) is 44.1 Å². The molecule has 1 spiro atoms. The van der Waals surface area contributed by atoms with Crippen molar-refractivity contribution in [2.24, 2.45) is 0 Å². The molecule has 2 heteroatoms. The Hall–Kier alpha value is -0.370. The molecular formula is C10H17NO. The van der Waals surface area contributed by atoms with Crippen LogP contribution in [-0.4, -0.2) is 29.8 Å². The second-order valence-corrected chi connectivity index (χ2v) is 4.19. The molecule has 2 fully saturated rings. The Morgan fingerprint density at radius 3 is 2.58 bits per heavy atom. The summed E-state index contributed by atoms with van der Waals surface area (Å²) in [5.74, 6) is 0.508. The van der Waals surface area contributed by atoms with E-state index in [9.17, 15) is 4.79 Å². The van der Waals surface area contributed by atoms with Gasteiger partial charge in [0.05, 0.1) is 5.54 Å². The molecule has 1 heterocycles. The van der Waals surface area contributed by atoms with Gasteiger partial charge in [0.15, 0.2) is 5.78 Å². The number of carbonyl (C=O) groups excluding carboxylic acids is 1. The highest BCUT2D eigenvalue weighted by atomic mass is 16.1. The molecule has 2 nitrogen and oxygen atoms in total. The number of likely N-dealkylation sites (tertiary alicyclic amines) is 1. The van der Waals surface area contributed by atoms with Crippen LogP contribution in [0.25, 0.3) is 0 Å². The molecule has 0 bridgehead atoms. The summed E-state index contributed by atoms with van der Waals surface area (Å²) in [5.41, 5.74) is -0.0156. The van der Waals surface area contributed by atoms with Gasteiger partial charge in [0, 0.05) is 6.42 Å². The van der Waals surface area contributed by atoms with Crippen LogP contribution in [-0.2, 0) is 4.79 Å². The molecule has 1 atom stereocenters. The third kappa shape index (κ3) is 1.01. The van der Waals surface area contributed by atoms with Gasteiger partial charge in [-0.1, -0.05) is 6.42 Å². The van der Waals surface area contributed by atoms with Crippen molar-refractivity contribution >= 4 is 5.78 Å². The fourth-order valence-corrected chi connectivity index (χ4v) is 2.76. The smallest absolute Gasteiger partial charge is 0.153 e. The van der Waals surface area contributed by atoms with Crippen molar-refractivity contribution in [2.75, 3.05) is 13.6 Å². The first kappa shape index (κ1) is 8.24. The summed E-state index contributed by atoms with van der Waals surface area (Å²) < 4.78 is 0. The number of ketones is 1. The van der Waals surface area contributed by atoms with Crippen LogP contribution < -0.4 is 0 Å². The van der Waals surface area contributed by atoms with Crippen LogP contribution >= 0.6 is 0 Å². The number of nitrogens with zero attached hydrogens (tertiary/aromatic N) is 1. The van der Waals surface area contributed by atoms with Gasteiger partial charge in [-0.25, -0.2) is 0 Å². The van der Waals surface area contributed by atoms with E-state index in [2.05, 4.69) is 11.9 Å². The molecule has 0 radical (unpaired) electrons. The standard InChI is InChI=1S/C10H17NO/c1-11-8-4-7-10(11)6-3-2-5-9(10)12/h2-8H2,1H3/t10-/m1/s1. The van der Waals surface area contributed by atoms with Crippen LogP contribution in [0.15, 0.2) is 0 Å². The van der Waals surface area contributed by atoms with Gasteiger partial charge < -0.3 is 0 Å². The number of carbonyl (C=O) groups is 1. The zero-order valence-electron chi connectivity index (χ0n) is 7.81. The van der Waals surface area contributed by atoms with E-state index in [-0.39, 0.29) is 5.54 Å². The van der Waals surface area contributed by atoms with Gasteiger partial charge in [-0.05, 0) is 39.3 Å². The molecule has 68 valence electrons. The predicted molar refractivity (Wildman–Crippen MR) is 48.1 cm³/mol. The normalized spacial score (nSPS) is 37.9. The maximum absolute atomic E-state index is 11.8. The third-order valence-electron chi connectivity index (χ3n) is 3.58. The fourth-order valence-electron chi connectivity index (χ4n) is 2.76. The zero-order chi connectivity index (χ0) is 8.60. The van der Waals surface area contributed by atoms with E-state index >= 15 is 0 Å². The van der Waals surface area contributed by atoms with Crippen LogP contribution in [0.5, 0.6) is 0 Å². The monoisotopic (exact) mass is 167 g/mol. The van der Waals surface area contributed by atoms with Gasteiger partial charge in [-0.3, -0.25) is 9.69 Å². The molecule has 12 heavy (non-hydrogen) atoms. The summed E-state index contributed by atoms with van der Waals surface area (Å²) >= 11 is 0. The quantitative estimate of drug-likeness (QED) is 0.546. The molecule has 0 aromatic heterocycles. The topological polar surface area (TPSA) is 20.3 Å². The Morgan fingerprint density at radius 2 is 2.00 bits per heavy atom. The lowest BCUT2D eigenvalue weighted by Gasteiger charge is -2.37. The van der Waals surface area contributed by atoms with E-state index in [1.165, 1.54) is 12.8 Å². The predicted octanol–water partition coefficient (Wildman–Crippen LogP) is 1.59. The van der Waals surface area contributed by atoms with Crippen molar-refractivity contribution in [3.8, 4) is 0 Å². The Morgan fingerprint density at radius 1 is 1.25 bits per heavy atom. The van der Waals surface area contributed by atoms with Gasteiger partial charge in [-0.15, -0.1) is 0 Å². The van der Waals surface area contributed by atoms with Gasteiger partial charge in [0.2, 0.25) is 0 Å². The summed E-state index contributed by atoms with van der Waals surface area (Å²) in [6, 6.07) is 0. The first-order valence-corrected chi connectivity index (χ1v) is 5.00. The molecule has 0 N–H and O–H groups in total. The number of hydrogen-bond donors (Lipinski definition) is 0. The van der Waals surface area contributed by atoms with Gasteiger partial charge in [0.1, 0.15) is 0 Å². The van der Waals surface area contributed by atoms with E-state index < -0.39 is 0 Å². The van der Waals surface area contributed by atoms with Crippen LogP contribution in [0.4, 0.5) is 0 Å². The minimum absolute atomic E-state index is 0.0156. The highest BCUT2D eigenvalue weighted by Crippen LogP contribution is 2.37. The van der Waals surface area contributed by atoms with E-state index in [1.54, 1.807) is 0 Å². The lowest BCUT2D eigenvalue weighted by molar-refractivity contribution is -0.131. The Bertz CT molecular complexity index is 202. The summed E-state index contributed by atoms with van der Waals surface area (Å²) in [7, 11) is 2.11. The molecule has 1 saturated heterocycles. The highest BCUT2D eigenvalue weighted by Gasteiger charge is 2.45. The average Bonchev–Trinajstić information content (AvgIpc) is 2.41. The maximum atomic E-state index is 11.8. The SMILES string of the molecule is CN1CCC[C@@]12CCCCC2=O. The van der Waals surface area contributed by atoms with Crippen LogP contribution in [0, 0.1) is 0 Å². The first-order chi connectivity index (χ1) is 5.76. The number of likely N-dealkylation sites (N-methyl/N-ethyl adjacent to an activating group) is 1. The largest absolute Gasteiger partial charge is 0.298 e. The highest BCUT2D eigenvalue weighted by molar-refractivity contribution is 5.89. The Labute approximate surface area is 73.9 Å². The molecule has 1 aliphatic carbocycles. The second kappa shape index (κ2) is 2.84. The van der Waals surface area contributed by atoms with Gasteiger partial charge >= 0.3 is 0 Å². The van der Waals surface area contributed by atoms with Crippen molar-refractivity contribution in [3.05, 3.63) is 0 Å². The lowest BCUT2D eigenvalue weighted by atomic mass is 9.79. The van der Waals surface area contributed by atoms with Crippen molar-refractivity contribution in [1.82, 2.24) is 4.90 Å². The summed E-state index contributed by atoms with van der Waals surface area (Å²) in [5, 5.41) is 0. The van der Waals surface area contributed by atoms with E-state index in [1.807, 2.05) is 0 Å². The molecular weight excluding hydrogens is 150 g/mol. The van der Waals surface area contributed by atoms with E-state index in [0.29, 0.717) is 5.78 Å². The van der Waals surface area contributed by atoms with Crippen molar-refractivity contribution in [3.63, 3.8) is 0 Å². The van der Waals surface area contributed by atoms with E-state index in [4.69, 9.17) is 0 Å². The van der Waals surface area contributed by atoms with Crippen LogP contribution in [0.3, 0.4) is 0 Å². The number of rotatable bonds is 0. The van der Waals surface area contributed by atoms with Crippen LogP contribution in [0.1, 0.15) is 38.5 Å². The first-order valence-electron chi connectivity index (χ1n) is 5.00. The average molecular weight is 167 g/mol. The molecule has 2 rings (SSSR count). The summed E-state index contributed by atoms with van der Waals surface area (Å²) in [4.78, 5) is 14.1. The molecule has 0 aromatic carbocycles. The number of hydrogen-bond acceptors (Lipinski definition) is 2. The molecule has 0 aromatic rings. The summed E-state index contributed by atoms with van der Waals surface area (Å²) in [6.45, 7) is 1.12. The minimum Gasteiger partial charge on any atom is -0.298 e. The minimum atomic E-state index is -0.0156. The molecule has 2 aliphatic rings. The molecule has 0 amide bonds. The molecule has 1 aliphatic heterocycles. The Kier molecular flexibility index (Phi) is 1.95. The third-order valence-corrected chi connectivity index (χ3v) is 3.58. The lowest BCUT2D eigenvalue weighted by Crippen LogP contribution is -2.50. The maximum Gasteiger partial charge on any atom is 0.153 e. The molecule has 0 unspecified atom stereocenters. The molecule has 1 saturated carbocycles. The second-order valence-electron chi connectivity index (χ2n) is 4.19. The van der Waals surface area contributed by atoms with Crippen LogP contribution in [0.2, 0.25) is 0 Å². The number of Topliss-reactive ketones (excluding diaryl/α,β-unsaturated/α-hetero) is 1. The van der Waals surface area contributed by atoms with Crippen molar-refractivity contribution in [1.29, 1.82) is 0 Å².